The minimum atomic E-state index is -0.408. The third kappa shape index (κ3) is 3.72. The number of amides is 2. The van der Waals surface area contributed by atoms with Gasteiger partial charge in [0.1, 0.15) is 0 Å². The number of nitrogens with one attached hydrogen (secondary N) is 1. The summed E-state index contributed by atoms with van der Waals surface area (Å²) in [7, 11) is 0. The average Bonchev–Trinajstić information content (AvgIpc) is 2.85. The Balaban J connectivity index is 1.85. The fraction of sp³-hybridized carbons (Fsp3) is 0.714. The molecule has 2 amide bonds. The number of nitrogens with two attached hydrogens (primary N) is 1. The normalized spacial score (nSPS) is 29.3. The Morgan fingerprint density at radius 2 is 2.25 bits per heavy atom. The Morgan fingerprint density at radius 3 is 2.90 bits per heavy atom. The predicted octanol–water partition coefficient (Wildman–Crippen LogP) is 0.627. The van der Waals surface area contributed by atoms with Gasteiger partial charge >= 0.3 is 6.09 Å². The standard InChI is InChI=1S/C14H23N3O3/c1-2-20-14(19)16-12-4-3-7-17(9-12)13(18)10-5-6-11(15)8-10/h5-6,10-12H,2-4,7-9,15H2,1H3,(H,16,19). The molecule has 6 nitrogen and oxygen atoms in total. The van der Waals surface area contributed by atoms with Crippen LogP contribution in [0.2, 0.25) is 0 Å². The molecule has 1 aliphatic heterocycles. The van der Waals surface area contributed by atoms with Gasteiger partial charge in [0.2, 0.25) is 5.91 Å². The van der Waals surface area contributed by atoms with E-state index in [1.165, 1.54) is 0 Å². The van der Waals surface area contributed by atoms with Crippen LogP contribution in [0.15, 0.2) is 12.2 Å². The molecule has 112 valence electrons. The molecule has 2 rings (SSSR count). The number of nitrogens with zero attached hydrogens (tertiary/aromatic N) is 1. The largest absolute Gasteiger partial charge is 0.450 e. The van der Waals surface area contributed by atoms with Crippen LogP contribution in [-0.4, -0.2) is 48.7 Å². The SMILES string of the molecule is CCOC(=O)NC1CCCN(C(=O)C2C=CC(N)C2)C1. The van der Waals surface area contributed by atoms with E-state index < -0.39 is 6.09 Å². The maximum absolute atomic E-state index is 12.4. The summed E-state index contributed by atoms with van der Waals surface area (Å²) in [5.41, 5.74) is 5.79. The van der Waals surface area contributed by atoms with Gasteiger partial charge in [0, 0.05) is 25.2 Å². The third-order valence-electron chi connectivity index (χ3n) is 3.76. The van der Waals surface area contributed by atoms with Crippen LogP contribution in [0, 0.1) is 5.92 Å². The molecule has 3 atom stereocenters. The molecular weight excluding hydrogens is 258 g/mol. The van der Waals surface area contributed by atoms with Gasteiger partial charge in [-0.2, -0.15) is 0 Å². The van der Waals surface area contributed by atoms with Crippen LogP contribution < -0.4 is 11.1 Å². The van der Waals surface area contributed by atoms with Gasteiger partial charge in [-0.1, -0.05) is 12.2 Å². The maximum atomic E-state index is 12.4. The number of likely N-dealkylation sites (tertiary alicyclic amines) is 1. The van der Waals surface area contributed by atoms with Crippen LogP contribution in [0.3, 0.4) is 0 Å². The first-order chi connectivity index (χ1) is 9.60. The van der Waals surface area contributed by atoms with Gasteiger partial charge in [-0.25, -0.2) is 4.79 Å². The molecule has 1 aliphatic carbocycles. The van der Waals surface area contributed by atoms with Crippen molar-refractivity contribution in [1.29, 1.82) is 0 Å². The van der Waals surface area contributed by atoms with Crippen LogP contribution >= 0.6 is 0 Å². The monoisotopic (exact) mass is 281 g/mol. The first-order valence-electron chi connectivity index (χ1n) is 7.26. The summed E-state index contributed by atoms with van der Waals surface area (Å²) >= 11 is 0. The minimum absolute atomic E-state index is 0.0119. The maximum Gasteiger partial charge on any atom is 0.407 e. The first kappa shape index (κ1) is 14.8. The van der Waals surface area contributed by atoms with Gasteiger partial charge < -0.3 is 20.7 Å². The van der Waals surface area contributed by atoms with Crippen molar-refractivity contribution in [3.05, 3.63) is 12.2 Å². The molecule has 3 N–H and O–H groups in total. The summed E-state index contributed by atoms with van der Waals surface area (Å²) in [5.74, 6) is 0.0101. The van der Waals surface area contributed by atoms with E-state index in [0.29, 0.717) is 19.6 Å². The fourth-order valence-electron chi connectivity index (χ4n) is 2.78. The van der Waals surface area contributed by atoms with Gasteiger partial charge in [0.15, 0.2) is 0 Å². The summed E-state index contributed by atoms with van der Waals surface area (Å²) in [5, 5.41) is 2.81. The van der Waals surface area contributed by atoms with E-state index in [1.54, 1.807) is 6.92 Å². The highest BCUT2D eigenvalue weighted by Gasteiger charge is 2.31. The van der Waals surface area contributed by atoms with Gasteiger partial charge in [-0.15, -0.1) is 0 Å². The Morgan fingerprint density at radius 1 is 1.45 bits per heavy atom. The zero-order valence-electron chi connectivity index (χ0n) is 11.9. The number of piperidine rings is 1. The van der Waals surface area contributed by atoms with Crippen molar-refractivity contribution in [2.75, 3.05) is 19.7 Å². The lowest BCUT2D eigenvalue weighted by Gasteiger charge is -2.34. The first-order valence-corrected chi connectivity index (χ1v) is 7.26. The topological polar surface area (TPSA) is 84.7 Å². The molecule has 1 heterocycles. The molecule has 2 aliphatic rings. The Bertz CT molecular complexity index is 397. The zero-order valence-corrected chi connectivity index (χ0v) is 11.9. The molecule has 0 saturated carbocycles. The van der Waals surface area contributed by atoms with Crippen molar-refractivity contribution in [3.8, 4) is 0 Å². The number of rotatable bonds is 3. The number of alkyl carbamates (subject to hydrolysis) is 1. The molecule has 0 aromatic rings. The summed E-state index contributed by atoms with van der Waals surface area (Å²) in [6, 6.07) is -0.0343. The second-order valence-corrected chi connectivity index (χ2v) is 5.38. The number of carbonyl (C=O) groups is 2. The van der Waals surface area contributed by atoms with Crippen LogP contribution in [0.1, 0.15) is 26.2 Å². The van der Waals surface area contributed by atoms with E-state index in [-0.39, 0.29) is 23.9 Å². The van der Waals surface area contributed by atoms with Crippen molar-refractivity contribution < 1.29 is 14.3 Å². The highest BCUT2D eigenvalue weighted by Crippen LogP contribution is 2.21. The van der Waals surface area contributed by atoms with E-state index >= 15 is 0 Å². The van der Waals surface area contributed by atoms with Gasteiger partial charge in [0.05, 0.1) is 12.5 Å². The van der Waals surface area contributed by atoms with E-state index in [9.17, 15) is 9.59 Å². The van der Waals surface area contributed by atoms with E-state index in [0.717, 1.165) is 19.4 Å². The number of hydrogen-bond acceptors (Lipinski definition) is 4. The molecule has 3 unspecified atom stereocenters. The summed E-state index contributed by atoms with van der Waals surface area (Å²) in [4.78, 5) is 25.6. The fourth-order valence-corrected chi connectivity index (χ4v) is 2.78. The van der Waals surface area contributed by atoms with Crippen molar-refractivity contribution in [1.82, 2.24) is 10.2 Å². The number of ether oxygens (including phenoxy) is 1. The average molecular weight is 281 g/mol. The Labute approximate surface area is 119 Å². The molecule has 1 saturated heterocycles. The van der Waals surface area contributed by atoms with E-state index in [4.69, 9.17) is 10.5 Å². The molecule has 0 bridgehead atoms. The molecule has 0 spiro atoms. The van der Waals surface area contributed by atoms with Crippen molar-refractivity contribution in [2.45, 2.75) is 38.3 Å². The minimum Gasteiger partial charge on any atom is -0.450 e. The van der Waals surface area contributed by atoms with Crippen LogP contribution in [0.25, 0.3) is 0 Å². The summed E-state index contributed by atoms with van der Waals surface area (Å²) in [6.45, 7) is 3.43. The molecule has 20 heavy (non-hydrogen) atoms. The lowest BCUT2D eigenvalue weighted by molar-refractivity contribution is -0.135. The second kappa shape index (κ2) is 6.74. The van der Waals surface area contributed by atoms with Crippen LogP contribution in [0.4, 0.5) is 4.79 Å². The van der Waals surface area contributed by atoms with Gasteiger partial charge in [-0.3, -0.25) is 4.79 Å². The number of carbonyl (C=O) groups excluding carboxylic acids is 2. The molecule has 6 heteroatoms. The molecular formula is C14H23N3O3. The van der Waals surface area contributed by atoms with E-state index in [1.807, 2.05) is 17.1 Å². The van der Waals surface area contributed by atoms with Crippen LogP contribution in [0.5, 0.6) is 0 Å². The lowest BCUT2D eigenvalue weighted by atomic mass is 10.0. The van der Waals surface area contributed by atoms with Crippen molar-refractivity contribution in [3.63, 3.8) is 0 Å². The lowest BCUT2D eigenvalue weighted by Crippen LogP contribution is -2.51. The van der Waals surface area contributed by atoms with Crippen molar-refractivity contribution in [2.24, 2.45) is 11.7 Å². The smallest absolute Gasteiger partial charge is 0.407 e. The van der Waals surface area contributed by atoms with Gasteiger partial charge in [0.25, 0.3) is 0 Å². The molecule has 0 radical (unpaired) electrons. The Hall–Kier alpha value is -1.56. The quantitative estimate of drug-likeness (QED) is 0.743. The highest BCUT2D eigenvalue weighted by molar-refractivity contribution is 5.81. The van der Waals surface area contributed by atoms with Gasteiger partial charge in [-0.05, 0) is 26.2 Å². The second-order valence-electron chi connectivity index (χ2n) is 5.38. The molecule has 0 aromatic heterocycles. The number of hydrogen-bond donors (Lipinski definition) is 2. The van der Waals surface area contributed by atoms with Crippen LogP contribution in [-0.2, 0) is 9.53 Å². The predicted molar refractivity (Wildman–Crippen MR) is 75.0 cm³/mol. The van der Waals surface area contributed by atoms with Crippen molar-refractivity contribution >= 4 is 12.0 Å². The molecule has 1 fully saturated rings. The van der Waals surface area contributed by atoms with E-state index in [2.05, 4.69) is 5.32 Å². The zero-order chi connectivity index (χ0) is 14.5. The third-order valence-corrected chi connectivity index (χ3v) is 3.76. The highest BCUT2D eigenvalue weighted by atomic mass is 16.5. The molecule has 0 aromatic carbocycles. The Kier molecular flexibility index (Phi) is 5.00. The summed E-state index contributed by atoms with van der Waals surface area (Å²) in [6.07, 6.45) is 5.84. The summed E-state index contributed by atoms with van der Waals surface area (Å²) < 4.78 is 4.87.